The molecule has 1 aromatic rings. The lowest BCUT2D eigenvalue weighted by Gasteiger charge is -2.22. The monoisotopic (exact) mass is 402 g/mol. The third kappa shape index (κ3) is 7.33. The maximum atomic E-state index is 12.2. The number of rotatable bonds is 8. The molecule has 0 bridgehead atoms. The maximum absolute atomic E-state index is 12.2. The molecular weight excluding hydrogens is 368 g/mol. The maximum Gasteiger partial charge on any atom is 0.241 e. The Morgan fingerprint density at radius 3 is 2.72 bits per heavy atom. The van der Waals surface area contributed by atoms with Gasteiger partial charge in [-0.2, -0.15) is 0 Å². The van der Waals surface area contributed by atoms with Crippen molar-refractivity contribution in [1.29, 1.82) is 0 Å². The molecule has 2 N–H and O–H groups in total. The van der Waals surface area contributed by atoms with Crippen LogP contribution in [-0.4, -0.2) is 62.3 Å². The number of amides is 1. The van der Waals surface area contributed by atoms with Gasteiger partial charge in [0.15, 0.2) is 5.96 Å². The molecule has 7 heteroatoms. The molecule has 3 rings (SSSR count). The van der Waals surface area contributed by atoms with Crippen LogP contribution in [0, 0.1) is 0 Å². The third-order valence-electron chi connectivity index (χ3n) is 5.28. The Balaban J connectivity index is 1.49. The van der Waals surface area contributed by atoms with E-state index in [0.717, 1.165) is 69.7 Å². The first-order chi connectivity index (χ1) is 14.2. The molecule has 2 saturated heterocycles. The fourth-order valence-electron chi connectivity index (χ4n) is 3.62. The molecular formula is C22H34N4O3. The van der Waals surface area contributed by atoms with Gasteiger partial charge in [0.25, 0.3) is 0 Å². The van der Waals surface area contributed by atoms with E-state index in [-0.39, 0.29) is 12.5 Å². The van der Waals surface area contributed by atoms with Crippen LogP contribution < -0.4 is 10.6 Å². The number of benzene rings is 1. The molecule has 0 radical (unpaired) electrons. The summed E-state index contributed by atoms with van der Waals surface area (Å²) in [5.74, 6) is 0.810. The molecule has 1 amide bonds. The minimum absolute atomic E-state index is 0.139. The Labute approximate surface area is 173 Å². The lowest BCUT2D eigenvalue weighted by atomic mass is 10.1. The van der Waals surface area contributed by atoms with Crippen molar-refractivity contribution in [3.05, 3.63) is 35.4 Å². The smallest absolute Gasteiger partial charge is 0.241 e. The van der Waals surface area contributed by atoms with E-state index in [1.165, 1.54) is 0 Å². The second kappa shape index (κ2) is 11.8. The first-order valence-corrected chi connectivity index (χ1v) is 10.8. The topological polar surface area (TPSA) is 75.2 Å². The van der Waals surface area contributed by atoms with Crippen LogP contribution in [-0.2, 0) is 27.4 Å². The van der Waals surface area contributed by atoms with E-state index >= 15 is 0 Å². The normalized spacial score (nSPS) is 18.1. The zero-order chi connectivity index (χ0) is 20.3. The van der Waals surface area contributed by atoms with Gasteiger partial charge in [-0.1, -0.05) is 24.3 Å². The largest absolute Gasteiger partial charge is 0.381 e. The van der Waals surface area contributed by atoms with Crippen molar-refractivity contribution in [2.45, 2.75) is 51.9 Å². The van der Waals surface area contributed by atoms with E-state index in [2.05, 4.69) is 33.8 Å². The van der Waals surface area contributed by atoms with Crippen LogP contribution in [0.1, 0.15) is 43.7 Å². The number of hydrogen-bond donors (Lipinski definition) is 2. The zero-order valence-corrected chi connectivity index (χ0v) is 17.5. The van der Waals surface area contributed by atoms with Crippen LogP contribution in [0.25, 0.3) is 0 Å². The number of aliphatic imine (C=N–C) groups is 1. The average molecular weight is 403 g/mol. The first kappa shape index (κ1) is 21.6. The van der Waals surface area contributed by atoms with Gasteiger partial charge >= 0.3 is 0 Å². The van der Waals surface area contributed by atoms with Gasteiger partial charge in [0.2, 0.25) is 5.91 Å². The molecule has 0 saturated carbocycles. The van der Waals surface area contributed by atoms with E-state index in [1.54, 1.807) is 0 Å². The van der Waals surface area contributed by atoms with Crippen molar-refractivity contribution in [3.63, 3.8) is 0 Å². The molecule has 2 heterocycles. The number of nitrogens with zero attached hydrogens (tertiary/aromatic N) is 2. The predicted molar refractivity (Wildman–Crippen MR) is 114 cm³/mol. The Hall–Kier alpha value is -2.12. The molecule has 2 aliphatic rings. The van der Waals surface area contributed by atoms with E-state index in [9.17, 15) is 4.79 Å². The van der Waals surface area contributed by atoms with Crippen LogP contribution in [0.3, 0.4) is 0 Å². The van der Waals surface area contributed by atoms with Crippen LogP contribution in [0.2, 0.25) is 0 Å². The molecule has 0 aliphatic carbocycles. The first-order valence-electron chi connectivity index (χ1n) is 10.8. The van der Waals surface area contributed by atoms with Crippen molar-refractivity contribution in [2.24, 2.45) is 4.99 Å². The Bertz CT molecular complexity index is 668. The highest BCUT2D eigenvalue weighted by atomic mass is 16.5. The predicted octanol–water partition coefficient (Wildman–Crippen LogP) is 2.06. The molecule has 0 atom stereocenters. The highest BCUT2D eigenvalue weighted by molar-refractivity contribution is 5.86. The number of nitrogens with one attached hydrogen (secondary N) is 2. The molecule has 0 spiro atoms. The van der Waals surface area contributed by atoms with Crippen LogP contribution in [0.15, 0.2) is 29.3 Å². The van der Waals surface area contributed by atoms with E-state index in [0.29, 0.717) is 25.2 Å². The van der Waals surface area contributed by atoms with Gasteiger partial charge in [-0.05, 0) is 43.7 Å². The summed E-state index contributed by atoms with van der Waals surface area (Å²) in [6.45, 7) is 7.55. The number of hydrogen-bond acceptors (Lipinski definition) is 4. The van der Waals surface area contributed by atoms with Gasteiger partial charge in [0.05, 0.1) is 25.8 Å². The molecule has 0 unspecified atom stereocenters. The van der Waals surface area contributed by atoms with Gasteiger partial charge in [-0.3, -0.25) is 4.79 Å². The summed E-state index contributed by atoms with van der Waals surface area (Å²) in [6, 6.07) is 8.34. The highest BCUT2D eigenvalue weighted by Gasteiger charge is 2.17. The third-order valence-corrected chi connectivity index (χ3v) is 5.28. The fourth-order valence-corrected chi connectivity index (χ4v) is 3.62. The Kier molecular flexibility index (Phi) is 8.77. The molecule has 7 nitrogen and oxygen atoms in total. The number of likely N-dealkylation sites (tertiary alicyclic amines) is 1. The molecule has 0 aromatic heterocycles. The lowest BCUT2D eigenvalue weighted by Crippen LogP contribution is -2.44. The number of guanidine groups is 1. The second-order valence-electron chi connectivity index (χ2n) is 7.58. The lowest BCUT2D eigenvalue weighted by molar-refractivity contribution is -0.128. The molecule has 1 aromatic carbocycles. The van der Waals surface area contributed by atoms with Gasteiger partial charge < -0.3 is 25.0 Å². The summed E-state index contributed by atoms with van der Waals surface area (Å²) < 4.78 is 11.4. The molecule has 160 valence electrons. The van der Waals surface area contributed by atoms with E-state index in [1.807, 2.05) is 17.9 Å². The van der Waals surface area contributed by atoms with Crippen molar-refractivity contribution in [2.75, 3.05) is 39.4 Å². The van der Waals surface area contributed by atoms with Crippen LogP contribution in [0.5, 0.6) is 0 Å². The Morgan fingerprint density at radius 1 is 1.21 bits per heavy atom. The van der Waals surface area contributed by atoms with Crippen LogP contribution >= 0.6 is 0 Å². The summed E-state index contributed by atoms with van der Waals surface area (Å²) in [5.41, 5.74) is 2.28. The van der Waals surface area contributed by atoms with Gasteiger partial charge in [-0.15, -0.1) is 0 Å². The standard InChI is InChI=1S/C22H34N4O3/c1-2-23-22(25-16-21(27)26-10-3-4-11-26)24-15-18-6-5-7-19(14-18)17-29-20-8-12-28-13-9-20/h5-7,14,20H,2-4,8-13,15-17H2,1H3,(H2,23,24,25). The van der Waals surface area contributed by atoms with Crippen molar-refractivity contribution in [1.82, 2.24) is 15.5 Å². The molecule has 29 heavy (non-hydrogen) atoms. The van der Waals surface area contributed by atoms with Crippen molar-refractivity contribution in [3.8, 4) is 0 Å². The Morgan fingerprint density at radius 2 is 1.97 bits per heavy atom. The summed E-state index contributed by atoms with van der Waals surface area (Å²) in [7, 11) is 0. The van der Waals surface area contributed by atoms with Crippen molar-refractivity contribution < 1.29 is 14.3 Å². The minimum Gasteiger partial charge on any atom is -0.381 e. The summed E-state index contributed by atoms with van der Waals surface area (Å²) >= 11 is 0. The number of ether oxygens (including phenoxy) is 2. The minimum atomic E-state index is 0.139. The fraction of sp³-hybridized carbons (Fsp3) is 0.636. The summed E-state index contributed by atoms with van der Waals surface area (Å²) in [4.78, 5) is 18.8. The van der Waals surface area contributed by atoms with Crippen molar-refractivity contribution >= 4 is 11.9 Å². The van der Waals surface area contributed by atoms with Crippen LogP contribution in [0.4, 0.5) is 0 Å². The SMILES string of the molecule is CCNC(=NCc1cccc(COC2CCOCC2)c1)NCC(=O)N1CCCC1. The van der Waals surface area contributed by atoms with Gasteiger partial charge in [0.1, 0.15) is 0 Å². The highest BCUT2D eigenvalue weighted by Crippen LogP contribution is 2.14. The number of carbonyl (C=O) groups excluding carboxylic acids is 1. The summed E-state index contributed by atoms with van der Waals surface area (Å²) in [5, 5.41) is 6.37. The van der Waals surface area contributed by atoms with E-state index < -0.39 is 0 Å². The van der Waals surface area contributed by atoms with Gasteiger partial charge in [0, 0.05) is 32.8 Å². The zero-order valence-electron chi connectivity index (χ0n) is 17.5. The quantitative estimate of drug-likeness (QED) is 0.514. The average Bonchev–Trinajstić information content (AvgIpc) is 3.30. The van der Waals surface area contributed by atoms with Gasteiger partial charge in [-0.25, -0.2) is 4.99 Å². The summed E-state index contributed by atoms with van der Waals surface area (Å²) in [6.07, 6.45) is 4.45. The molecule has 2 fully saturated rings. The molecule has 2 aliphatic heterocycles. The van der Waals surface area contributed by atoms with E-state index in [4.69, 9.17) is 9.47 Å². The number of carbonyl (C=O) groups is 1. The second-order valence-corrected chi connectivity index (χ2v) is 7.58.